The van der Waals surface area contributed by atoms with E-state index in [1.165, 1.54) is 27.8 Å². The monoisotopic (exact) mass is 467 g/mol. The van der Waals surface area contributed by atoms with Gasteiger partial charge in [0.25, 0.3) is 0 Å². The predicted octanol–water partition coefficient (Wildman–Crippen LogP) is 8.06. The minimum absolute atomic E-state index is 0.0868. The number of hydrogen-bond donors (Lipinski definition) is 1. The molecule has 0 aliphatic heterocycles. The highest BCUT2D eigenvalue weighted by Crippen LogP contribution is 2.50. The van der Waals surface area contributed by atoms with Crippen molar-refractivity contribution in [3.63, 3.8) is 0 Å². The van der Waals surface area contributed by atoms with Gasteiger partial charge in [0.2, 0.25) is 0 Å². The average molecular weight is 468 g/mol. The lowest BCUT2D eigenvalue weighted by atomic mass is 9.91. The third kappa shape index (κ3) is 5.18. The zero-order valence-corrected chi connectivity index (χ0v) is 21.3. The van der Waals surface area contributed by atoms with Crippen LogP contribution in [0.2, 0.25) is 0 Å². The fourth-order valence-electron chi connectivity index (χ4n) is 4.66. The second kappa shape index (κ2) is 10.9. The van der Waals surface area contributed by atoms with Crippen LogP contribution in [0, 0.1) is 6.92 Å². The molecule has 3 heteroatoms. The lowest BCUT2D eigenvalue weighted by Crippen LogP contribution is -2.25. The number of rotatable bonds is 9. The number of nitrogens with zero attached hydrogens (tertiary/aromatic N) is 1. The van der Waals surface area contributed by atoms with Crippen molar-refractivity contribution in [3.8, 4) is 5.75 Å². The molecule has 0 heterocycles. The van der Waals surface area contributed by atoms with E-state index in [9.17, 15) is 5.11 Å². The lowest BCUT2D eigenvalue weighted by molar-refractivity contribution is 0.448. The van der Waals surface area contributed by atoms with Crippen molar-refractivity contribution in [1.82, 2.24) is 0 Å². The van der Waals surface area contributed by atoms with Gasteiger partial charge in [-0.25, -0.2) is 0 Å². The van der Waals surface area contributed by atoms with Gasteiger partial charge in [-0.3, -0.25) is 0 Å². The van der Waals surface area contributed by atoms with E-state index in [4.69, 9.17) is 0 Å². The van der Waals surface area contributed by atoms with Gasteiger partial charge in [-0.1, -0.05) is 101 Å². The van der Waals surface area contributed by atoms with Gasteiger partial charge in [-0.2, -0.15) is 0 Å². The minimum Gasteiger partial charge on any atom is -0.508 e. The predicted molar refractivity (Wildman–Crippen MR) is 148 cm³/mol. The summed E-state index contributed by atoms with van der Waals surface area (Å²) in [5, 5.41) is 12.1. The third-order valence-corrected chi connectivity index (χ3v) is 8.94. The van der Waals surface area contributed by atoms with E-state index in [1.807, 2.05) is 12.1 Å². The maximum atomic E-state index is 10.8. The Kier molecular flexibility index (Phi) is 7.70. The minimum atomic E-state index is -0.0868. The highest BCUT2D eigenvalue weighted by Gasteiger charge is 2.32. The molecule has 0 aromatic heterocycles. The molecule has 0 amide bonds. The van der Waals surface area contributed by atoms with Gasteiger partial charge in [0.05, 0.1) is 0 Å². The van der Waals surface area contributed by atoms with Gasteiger partial charge >= 0.3 is 0 Å². The van der Waals surface area contributed by atoms with E-state index < -0.39 is 0 Å². The summed E-state index contributed by atoms with van der Waals surface area (Å²) in [4.78, 5) is 2.38. The van der Waals surface area contributed by atoms with Gasteiger partial charge in [-0.05, 0) is 61.0 Å². The highest BCUT2D eigenvalue weighted by molar-refractivity contribution is 7.48. The number of phenolic OH excluding ortho intramolecular Hbond substituents is 1. The lowest BCUT2D eigenvalue weighted by Gasteiger charge is -2.35. The van der Waals surface area contributed by atoms with Crippen LogP contribution in [-0.4, -0.2) is 5.11 Å². The first-order chi connectivity index (χ1) is 16.6. The number of aromatic hydroxyl groups is 1. The first-order valence-electron chi connectivity index (χ1n) is 12.1. The van der Waals surface area contributed by atoms with Crippen molar-refractivity contribution in [3.05, 3.63) is 120 Å². The van der Waals surface area contributed by atoms with E-state index in [-0.39, 0.29) is 5.16 Å². The van der Waals surface area contributed by atoms with E-state index >= 15 is 0 Å². The van der Waals surface area contributed by atoms with E-state index in [0.717, 1.165) is 24.9 Å². The van der Waals surface area contributed by atoms with Crippen LogP contribution in [0.15, 0.2) is 103 Å². The molecule has 1 unspecified atom stereocenters. The number of benzene rings is 4. The molecule has 0 spiro atoms. The molecule has 4 aromatic carbocycles. The summed E-state index contributed by atoms with van der Waals surface area (Å²) in [6.07, 6.45) is 1.96. The van der Waals surface area contributed by atoms with Crippen LogP contribution in [0.1, 0.15) is 43.4 Å². The molecule has 0 saturated heterocycles. The van der Waals surface area contributed by atoms with Gasteiger partial charge < -0.3 is 10.0 Å². The molecular weight excluding hydrogens is 433 g/mol. The molecule has 0 saturated carbocycles. The summed E-state index contributed by atoms with van der Waals surface area (Å²) in [6.45, 7) is 7.40. The van der Waals surface area contributed by atoms with E-state index in [1.54, 1.807) is 0 Å². The molecule has 4 rings (SSSR count). The highest BCUT2D eigenvalue weighted by atomic mass is 31.1. The normalized spacial score (nSPS) is 11.7. The SMILES string of the molecule is CCC(CC)(Pc1ccccc1CN(c1ccccc1)c1ccccc1)c1cc(C)ccc1O. The van der Waals surface area contributed by atoms with Crippen LogP contribution in [0.5, 0.6) is 5.75 Å². The summed E-state index contributed by atoms with van der Waals surface area (Å²) in [7, 11) is 0.563. The Balaban J connectivity index is 1.74. The Morgan fingerprint density at radius 1 is 0.735 bits per heavy atom. The van der Waals surface area contributed by atoms with Crippen LogP contribution in [0.3, 0.4) is 0 Å². The molecule has 174 valence electrons. The maximum absolute atomic E-state index is 10.8. The standard InChI is InChI=1S/C31H34NOP/c1-4-31(5-2,28-22-24(3)20-21-29(28)33)34-30-19-13-12-14-25(30)23-32(26-15-8-6-9-16-26)27-17-10-7-11-18-27/h6-22,33-34H,4-5,23H2,1-3H3. The Labute approximate surface area is 206 Å². The quantitative estimate of drug-likeness (QED) is 0.252. The van der Waals surface area contributed by atoms with Crippen molar-refractivity contribution >= 4 is 25.3 Å². The zero-order chi connectivity index (χ0) is 24.0. The van der Waals surface area contributed by atoms with Gasteiger partial charge in [0.15, 0.2) is 0 Å². The molecule has 1 atom stereocenters. The van der Waals surface area contributed by atoms with Gasteiger partial charge in [0, 0.05) is 28.6 Å². The fourth-order valence-corrected chi connectivity index (χ4v) is 6.37. The summed E-state index contributed by atoms with van der Waals surface area (Å²) in [5.74, 6) is 0.412. The third-order valence-electron chi connectivity index (χ3n) is 6.73. The summed E-state index contributed by atoms with van der Waals surface area (Å²) >= 11 is 0. The summed E-state index contributed by atoms with van der Waals surface area (Å²) < 4.78 is 0. The maximum Gasteiger partial charge on any atom is 0.119 e. The summed E-state index contributed by atoms with van der Waals surface area (Å²) in [5.41, 5.74) is 5.96. The molecule has 34 heavy (non-hydrogen) atoms. The van der Waals surface area contributed by atoms with E-state index in [2.05, 4.69) is 117 Å². The molecule has 0 radical (unpaired) electrons. The van der Waals surface area contributed by atoms with Crippen molar-refractivity contribution in [2.45, 2.75) is 45.3 Å². The second-order valence-electron chi connectivity index (χ2n) is 8.85. The number of aryl methyl sites for hydroxylation is 1. The van der Waals surface area contributed by atoms with E-state index in [0.29, 0.717) is 14.3 Å². The first-order valence-corrected chi connectivity index (χ1v) is 13.1. The van der Waals surface area contributed by atoms with Crippen LogP contribution in [0.4, 0.5) is 11.4 Å². The molecule has 0 aliphatic rings. The molecule has 4 aromatic rings. The Bertz CT molecular complexity index is 1160. The Hall–Kier alpha value is -3.09. The molecule has 1 N–H and O–H groups in total. The number of hydrogen-bond acceptors (Lipinski definition) is 2. The van der Waals surface area contributed by atoms with Gasteiger partial charge in [0.1, 0.15) is 5.75 Å². The van der Waals surface area contributed by atoms with Gasteiger partial charge in [-0.15, -0.1) is 0 Å². The second-order valence-corrected chi connectivity index (χ2v) is 10.6. The number of phenols is 1. The Morgan fingerprint density at radius 2 is 1.29 bits per heavy atom. The van der Waals surface area contributed by atoms with Crippen molar-refractivity contribution in [1.29, 1.82) is 0 Å². The molecular formula is C31H34NOP. The fraction of sp³-hybridized carbons (Fsp3) is 0.226. The molecule has 0 fully saturated rings. The average Bonchev–Trinajstić information content (AvgIpc) is 2.89. The first kappa shape index (κ1) is 24.0. The summed E-state index contributed by atoms with van der Waals surface area (Å²) in [6, 6.07) is 36.0. The van der Waals surface area contributed by atoms with Crippen LogP contribution >= 0.6 is 8.58 Å². The topological polar surface area (TPSA) is 23.5 Å². The molecule has 0 bridgehead atoms. The van der Waals surface area contributed by atoms with Crippen LogP contribution in [0.25, 0.3) is 0 Å². The largest absolute Gasteiger partial charge is 0.508 e. The zero-order valence-electron chi connectivity index (χ0n) is 20.3. The van der Waals surface area contributed by atoms with Crippen LogP contribution in [-0.2, 0) is 11.7 Å². The smallest absolute Gasteiger partial charge is 0.119 e. The molecule has 0 aliphatic carbocycles. The van der Waals surface area contributed by atoms with Crippen molar-refractivity contribution < 1.29 is 5.11 Å². The van der Waals surface area contributed by atoms with Crippen molar-refractivity contribution in [2.75, 3.05) is 4.90 Å². The Morgan fingerprint density at radius 3 is 1.88 bits per heavy atom. The van der Waals surface area contributed by atoms with Crippen molar-refractivity contribution in [2.24, 2.45) is 0 Å². The number of para-hydroxylation sites is 2. The van der Waals surface area contributed by atoms with Crippen LogP contribution < -0.4 is 10.2 Å². The molecule has 2 nitrogen and oxygen atoms in total. The number of anilines is 2.